The van der Waals surface area contributed by atoms with E-state index in [4.69, 9.17) is 4.42 Å². The number of halogens is 2. The average Bonchev–Trinajstić information content (AvgIpc) is 3.63. The van der Waals surface area contributed by atoms with E-state index < -0.39 is 0 Å². The van der Waals surface area contributed by atoms with Crippen molar-refractivity contribution >= 4 is 30.3 Å². The van der Waals surface area contributed by atoms with E-state index in [-0.39, 0.29) is 35.6 Å². The summed E-state index contributed by atoms with van der Waals surface area (Å²) in [5.74, 6) is 0.444. The maximum atomic E-state index is 4.97. The van der Waals surface area contributed by atoms with Crippen molar-refractivity contribution in [3.8, 4) is 0 Å². The van der Waals surface area contributed by atoms with Crippen LogP contribution in [0.2, 0.25) is 0 Å². The standard InChI is InChI=1S/C21H25.C10H9O.C6H10.2ClH.Zr/c1-20(2,3)16-7-9-18-14(12-16)11-15-13-17(21(4,5)6)8-10-19(15)18;1-8-2-3-9(6-8)10-4-5-11-7-10;1-2-4-6-5-3-1;;;/h7-13H,1-6H3;2-5,7-8H,1H3;1-5H2;2*1H;/q2*-1;;;;+2/p-2. The van der Waals surface area contributed by atoms with Crippen molar-refractivity contribution in [2.24, 2.45) is 5.92 Å². The molecule has 1 unspecified atom stereocenters. The fourth-order valence-corrected chi connectivity index (χ4v) is 5.98. The van der Waals surface area contributed by atoms with Gasteiger partial charge in [0.15, 0.2) is 0 Å². The fourth-order valence-electron chi connectivity index (χ4n) is 5.11. The molecule has 1 heterocycles. The molecule has 2 aliphatic rings. The van der Waals surface area contributed by atoms with E-state index in [1.807, 2.05) is 6.07 Å². The molecule has 2 aliphatic carbocycles. The molecule has 0 spiro atoms. The van der Waals surface area contributed by atoms with Gasteiger partial charge in [0.1, 0.15) is 0 Å². The zero-order valence-corrected chi connectivity index (χ0v) is 29.7. The van der Waals surface area contributed by atoms with Gasteiger partial charge >= 0.3 is 59.5 Å². The van der Waals surface area contributed by atoms with E-state index in [9.17, 15) is 0 Å². The van der Waals surface area contributed by atoms with E-state index in [0.717, 1.165) is 11.1 Å². The van der Waals surface area contributed by atoms with Gasteiger partial charge in [0.2, 0.25) is 0 Å². The molecular formula is C37H44Cl2OZr-2. The van der Waals surface area contributed by atoms with Crippen LogP contribution in [0, 0.1) is 12.0 Å². The van der Waals surface area contributed by atoms with Gasteiger partial charge in [-0.15, -0.1) is 45.8 Å². The monoisotopic (exact) mass is 664 g/mol. The Hall–Kier alpha value is -1.60. The van der Waals surface area contributed by atoms with Crippen molar-refractivity contribution in [3.05, 3.63) is 96.0 Å². The van der Waals surface area contributed by atoms with E-state index >= 15 is 0 Å². The van der Waals surface area contributed by atoms with Crippen LogP contribution in [0.25, 0.3) is 27.1 Å². The molecule has 4 heteroatoms. The molecule has 0 aliphatic heterocycles. The molecule has 1 atom stereocenters. The number of allylic oxidation sites excluding steroid dienone is 4. The normalized spacial score (nSPS) is 16.7. The summed E-state index contributed by atoms with van der Waals surface area (Å²) in [5, 5.41) is 5.48. The van der Waals surface area contributed by atoms with Gasteiger partial charge in [0.05, 0.1) is 6.26 Å². The second-order valence-corrected chi connectivity index (χ2v) is 14.9. The second-order valence-electron chi connectivity index (χ2n) is 13.1. The predicted octanol–water partition coefficient (Wildman–Crippen LogP) is 4.66. The molecule has 0 bridgehead atoms. The van der Waals surface area contributed by atoms with Gasteiger partial charge in [-0.25, -0.2) is 0 Å². The first-order valence-corrected chi connectivity index (χ1v) is 15.7. The van der Waals surface area contributed by atoms with Crippen molar-refractivity contribution in [3.63, 3.8) is 0 Å². The SMILES string of the molecule is CC(C)(C)c1ccc2c(c1)[cH-]c1cc(C(C)(C)C)ccc12.CC1[C-]=C(c2ccoc2)C=C1.[Cl-].[Cl-].[Zr+2]=[C]1CCCCC1. The summed E-state index contributed by atoms with van der Waals surface area (Å²) in [6, 6.07) is 18.1. The number of rotatable bonds is 1. The van der Waals surface area contributed by atoms with E-state index in [0.29, 0.717) is 5.92 Å². The van der Waals surface area contributed by atoms with Crippen LogP contribution in [-0.4, -0.2) is 3.21 Å². The molecule has 1 fully saturated rings. The third-order valence-corrected chi connectivity index (χ3v) is 8.89. The topological polar surface area (TPSA) is 13.1 Å². The van der Waals surface area contributed by atoms with Gasteiger partial charge < -0.3 is 29.2 Å². The zero-order valence-electron chi connectivity index (χ0n) is 25.7. The second kappa shape index (κ2) is 15.2. The van der Waals surface area contributed by atoms with Crippen LogP contribution >= 0.6 is 0 Å². The summed E-state index contributed by atoms with van der Waals surface area (Å²) in [6.07, 6.45) is 18.2. The van der Waals surface area contributed by atoms with Crippen LogP contribution in [0.3, 0.4) is 0 Å². The molecule has 1 aromatic heterocycles. The number of fused-ring (bicyclic) bond motifs is 3. The number of furan rings is 1. The zero-order chi connectivity index (χ0) is 28.2. The van der Waals surface area contributed by atoms with Gasteiger partial charge in [-0.2, -0.15) is 17.7 Å². The third-order valence-electron chi connectivity index (χ3n) is 7.66. The Morgan fingerprint density at radius 2 is 1.34 bits per heavy atom. The van der Waals surface area contributed by atoms with Crippen LogP contribution < -0.4 is 24.8 Å². The molecule has 4 aromatic rings. The number of hydrogen-bond acceptors (Lipinski definition) is 1. The van der Waals surface area contributed by atoms with Crippen LogP contribution in [0.15, 0.2) is 77.6 Å². The van der Waals surface area contributed by atoms with Gasteiger partial charge in [0.25, 0.3) is 0 Å². The van der Waals surface area contributed by atoms with Crippen molar-refractivity contribution in [1.29, 1.82) is 0 Å². The minimum absolute atomic E-state index is 0. The summed E-state index contributed by atoms with van der Waals surface area (Å²) in [5.41, 5.74) is 5.47. The average molecular weight is 667 g/mol. The quantitative estimate of drug-likeness (QED) is 0.270. The van der Waals surface area contributed by atoms with E-state index in [2.05, 4.69) is 109 Å². The molecule has 1 nitrogen and oxygen atoms in total. The van der Waals surface area contributed by atoms with Crippen molar-refractivity contribution in [2.45, 2.75) is 91.4 Å². The van der Waals surface area contributed by atoms with Crippen LogP contribution in [0.1, 0.15) is 97.3 Å². The predicted molar refractivity (Wildman–Crippen MR) is 166 cm³/mol. The summed E-state index contributed by atoms with van der Waals surface area (Å²) < 4.78 is 6.77. The summed E-state index contributed by atoms with van der Waals surface area (Å²) >= 11 is 1.69. The van der Waals surface area contributed by atoms with Crippen LogP contribution in [-0.2, 0) is 35.1 Å². The molecule has 0 saturated heterocycles. The molecular weight excluding hydrogens is 623 g/mol. The Morgan fingerprint density at radius 1 is 0.805 bits per heavy atom. The van der Waals surface area contributed by atoms with Gasteiger partial charge in [-0.1, -0.05) is 101 Å². The molecule has 41 heavy (non-hydrogen) atoms. The van der Waals surface area contributed by atoms with Crippen molar-refractivity contribution in [1.82, 2.24) is 0 Å². The number of benzene rings is 2. The Labute approximate surface area is 275 Å². The molecule has 3 aromatic carbocycles. The molecule has 6 rings (SSSR count). The molecule has 1 saturated carbocycles. The van der Waals surface area contributed by atoms with Crippen molar-refractivity contribution < 1.29 is 53.5 Å². The summed E-state index contributed by atoms with van der Waals surface area (Å²) in [7, 11) is 0. The third kappa shape index (κ3) is 9.71. The fraction of sp³-hybridized carbons (Fsp3) is 0.405. The summed E-state index contributed by atoms with van der Waals surface area (Å²) in [6.45, 7) is 15.7. The van der Waals surface area contributed by atoms with Gasteiger partial charge in [0, 0.05) is 6.26 Å². The Kier molecular flexibility index (Phi) is 13.2. The Balaban J connectivity index is 0.000000246. The summed E-state index contributed by atoms with van der Waals surface area (Å²) in [4.78, 5) is 0. The first kappa shape index (κ1) is 35.6. The molecule has 218 valence electrons. The first-order chi connectivity index (χ1) is 18.4. The van der Waals surface area contributed by atoms with Gasteiger partial charge in [-0.3, -0.25) is 0 Å². The Bertz CT molecular complexity index is 1400. The molecule has 0 amide bonds. The Morgan fingerprint density at radius 3 is 1.71 bits per heavy atom. The van der Waals surface area contributed by atoms with Crippen molar-refractivity contribution in [2.75, 3.05) is 0 Å². The maximum absolute atomic E-state index is 4.97. The molecule has 0 radical (unpaired) electrons. The minimum atomic E-state index is 0. The van der Waals surface area contributed by atoms with Crippen LogP contribution in [0.5, 0.6) is 0 Å². The van der Waals surface area contributed by atoms with Crippen LogP contribution in [0.4, 0.5) is 0 Å². The van der Waals surface area contributed by atoms with E-state index in [1.165, 1.54) is 64.8 Å². The molecule has 0 N–H and O–H groups in total. The first-order valence-electron chi connectivity index (χ1n) is 14.5. The number of hydrogen-bond donors (Lipinski definition) is 0. The van der Waals surface area contributed by atoms with Gasteiger partial charge in [-0.05, 0) is 10.8 Å². The van der Waals surface area contributed by atoms with E-state index in [1.54, 1.807) is 40.0 Å².